The minimum absolute atomic E-state index is 0.146. The van der Waals surface area contributed by atoms with Gasteiger partial charge in [-0.2, -0.15) is 9.40 Å². The molecule has 2 aromatic heterocycles. The molecule has 0 unspecified atom stereocenters. The predicted molar refractivity (Wildman–Crippen MR) is 95.8 cm³/mol. The van der Waals surface area contributed by atoms with Gasteiger partial charge in [-0.25, -0.2) is 13.4 Å². The summed E-state index contributed by atoms with van der Waals surface area (Å²) in [6.07, 6.45) is 9.34. The Morgan fingerprint density at radius 3 is 2.84 bits per heavy atom. The fraction of sp³-hybridized carbons (Fsp3) is 0.647. The van der Waals surface area contributed by atoms with Gasteiger partial charge in [0.25, 0.3) is 0 Å². The SMILES string of the molecule is CCCCn1ccnc1[C@@H]1CCCN(S(=O)(=O)c2cnn(C)c2C)C1. The molecule has 0 N–H and O–H groups in total. The Balaban J connectivity index is 1.82. The average Bonchev–Trinajstić information content (AvgIpc) is 3.20. The number of hydrogen-bond donors (Lipinski definition) is 0. The summed E-state index contributed by atoms with van der Waals surface area (Å²) in [5.74, 6) is 1.16. The molecule has 25 heavy (non-hydrogen) atoms. The molecule has 0 radical (unpaired) electrons. The minimum Gasteiger partial charge on any atom is -0.335 e. The van der Waals surface area contributed by atoms with Gasteiger partial charge >= 0.3 is 0 Å². The van der Waals surface area contributed by atoms with Crippen molar-refractivity contribution in [3.8, 4) is 0 Å². The topological polar surface area (TPSA) is 73.0 Å². The van der Waals surface area contributed by atoms with Crippen LogP contribution in [0.2, 0.25) is 0 Å². The maximum atomic E-state index is 13.0. The number of aryl methyl sites for hydroxylation is 2. The van der Waals surface area contributed by atoms with Gasteiger partial charge in [0.15, 0.2) is 0 Å². The Morgan fingerprint density at radius 2 is 2.16 bits per heavy atom. The first-order valence-electron chi connectivity index (χ1n) is 8.95. The van der Waals surface area contributed by atoms with E-state index in [1.54, 1.807) is 23.0 Å². The molecule has 0 saturated carbocycles. The number of aromatic nitrogens is 4. The molecule has 7 nitrogen and oxygen atoms in total. The van der Waals surface area contributed by atoms with E-state index in [0.29, 0.717) is 23.7 Å². The molecular formula is C17H27N5O2S. The van der Waals surface area contributed by atoms with Crippen LogP contribution in [0.3, 0.4) is 0 Å². The van der Waals surface area contributed by atoms with Crippen molar-refractivity contribution in [1.82, 2.24) is 23.6 Å². The second kappa shape index (κ2) is 7.29. The Kier molecular flexibility index (Phi) is 5.29. The normalized spacial score (nSPS) is 19.4. The van der Waals surface area contributed by atoms with E-state index in [1.807, 2.05) is 12.4 Å². The summed E-state index contributed by atoms with van der Waals surface area (Å²) in [7, 11) is -1.75. The number of nitrogens with zero attached hydrogens (tertiary/aromatic N) is 5. The molecule has 0 aliphatic carbocycles. The zero-order valence-corrected chi connectivity index (χ0v) is 16.0. The van der Waals surface area contributed by atoms with Gasteiger partial charge in [0.2, 0.25) is 10.0 Å². The number of sulfonamides is 1. The molecule has 138 valence electrons. The molecule has 8 heteroatoms. The van der Waals surface area contributed by atoms with Crippen LogP contribution in [0.15, 0.2) is 23.5 Å². The van der Waals surface area contributed by atoms with Crippen molar-refractivity contribution >= 4 is 10.0 Å². The van der Waals surface area contributed by atoms with E-state index in [1.165, 1.54) is 6.20 Å². The van der Waals surface area contributed by atoms with Gasteiger partial charge in [-0.3, -0.25) is 4.68 Å². The molecule has 1 atom stereocenters. The molecule has 0 bridgehead atoms. The van der Waals surface area contributed by atoms with Crippen LogP contribution in [0.25, 0.3) is 0 Å². The smallest absolute Gasteiger partial charge is 0.246 e. The van der Waals surface area contributed by atoms with Gasteiger partial charge in [0.05, 0.1) is 11.9 Å². The van der Waals surface area contributed by atoms with Crippen LogP contribution in [0.1, 0.15) is 50.0 Å². The van der Waals surface area contributed by atoms with E-state index in [0.717, 1.165) is 38.1 Å². The number of rotatable bonds is 6. The number of piperidine rings is 1. The third kappa shape index (κ3) is 3.50. The third-order valence-corrected chi connectivity index (χ3v) is 7.03. The van der Waals surface area contributed by atoms with E-state index in [-0.39, 0.29) is 5.92 Å². The number of imidazole rings is 1. The van der Waals surface area contributed by atoms with Crippen molar-refractivity contribution in [3.63, 3.8) is 0 Å². The molecule has 1 fully saturated rings. The molecule has 0 aromatic carbocycles. The predicted octanol–water partition coefficient (Wildman–Crippen LogP) is 2.29. The molecule has 1 aliphatic heterocycles. The summed E-state index contributed by atoms with van der Waals surface area (Å²) in [5, 5.41) is 4.09. The fourth-order valence-corrected chi connectivity index (χ4v) is 5.15. The van der Waals surface area contributed by atoms with Gasteiger partial charge < -0.3 is 4.57 Å². The lowest BCUT2D eigenvalue weighted by Gasteiger charge is -2.31. The van der Waals surface area contributed by atoms with E-state index >= 15 is 0 Å². The fourth-order valence-electron chi connectivity index (χ4n) is 3.44. The van der Waals surface area contributed by atoms with Gasteiger partial charge in [-0.15, -0.1) is 0 Å². The monoisotopic (exact) mass is 365 g/mol. The van der Waals surface area contributed by atoms with Crippen LogP contribution in [0.5, 0.6) is 0 Å². The van der Waals surface area contributed by atoms with Gasteiger partial charge in [-0.1, -0.05) is 13.3 Å². The first-order valence-corrected chi connectivity index (χ1v) is 10.4. The minimum atomic E-state index is -3.51. The highest BCUT2D eigenvalue weighted by Crippen LogP contribution is 2.30. The molecule has 1 saturated heterocycles. The summed E-state index contributed by atoms with van der Waals surface area (Å²) >= 11 is 0. The van der Waals surface area contributed by atoms with Crippen LogP contribution < -0.4 is 0 Å². The van der Waals surface area contributed by atoms with Gasteiger partial charge in [0.1, 0.15) is 10.7 Å². The van der Waals surface area contributed by atoms with Crippen molar-refractivity contribution in [2.45, 2.75) is 56.9 Å². The highest BCUT2D eigenvalue weighted by molar-refractivity contribution is 7.89. The first-order chi connectivity index (χ1) is 11.9. The second-order valence-electron chi connectivity index (χ2n) is 6.75. The zero-order chi connectivity index (χ0) is 18.0. The highest BCUT2D eigenvalue weighted by Gasteiger charge is 2.34. The van der Waals surface area contributed by atoms with Crippen LogP contribution in [0, 0.1) is 6.92 Å². The Morgan fingerprint density at radius 1 is 1.36 bits per heavy atom. The lowest BCUT2D eigenvalue weighted by Crippen LogP contribution is -2.39. The number of unbranched alkanes of at least 4 members (excludes halogenated alkanes) is 1. The standard InChI is InChI=1S/C17H27N5O2S/c1-4-5-9-21-11-8-18-17(21)15-7-6-10-22(13-15)25(23,24)16-12-19-20(3)14(16)2/h8,11-12,15H,4-7,9-10,13H2,1-3H3/t15-/m1/s1. The van der Waals surface area contributed by atoms with Gasteiger partial charge in [0, 0.05) is 45.0 Å². The van der Waals surface area contributed by atoms with Crippen LogP contribution in [0.4, 0.5) is 0 Å². The highest BCUT2D eigenvalue weighted by atomic mass is 32.2. The van der Waals surface area contributed by atoms with Crippen LogP contribution in [-0.2, 0) is 23.6 Å². The molecule has 0 amide bonds. The first kappa shape index (κ1) is 18.1. The largest absolute Gasteiger partial charge is 0.335 e. The van der Waals surface area contributed by atoms with Crippen molar-refractivity contribution < 1.29 is 8.42 Å². The maximum absolute atomic E-state index is 13.0. The Hall–Kier alpha value is -1.67. The molecular weight excluding hydrogens is 338 g/mol. The Labute approximate surface area is 149 Å². The molecule has 3 heterocycles. The van der Waals surface area contributed by atoms with E-state index in [2.05, 4.69) is 21.6 Å². The quantitative estimate of drug-likeness (QED) is 0.787. The maximum Gasteiger partial charge on any atom is 0.246 e. The van der Waals surface area contributed by atoms with Crippen LogP contribution >= 0.6 is 0 Å². The Bertz CT molecular complexity index is 824. The van der Waals surface area contributed by atoms with Crippen molar-refractivity contribution in [2.24, 2.45) is 7.05 Å². The van der Waals surface area contributed by atoms with E-state index in [4.69, 9.17) is 0 Å². The molecule has 0 spiro atoms. The summed E-state index contributed by atoms with van der Waals surface area (Å²) in [4.78, 5) is 4.84. The lowest BCUT2D eigenvalue weighted by molar-refractivity contribution is 0.304. The number of hydrogen-bond acceptors (Lipinski definition) is 4. The summed E-state index contributed by atoms with van der Waals surface area (Å²) in [6.45, 7) is 5.94. The molecule has 3 rings (SSSR count). The third-order valence-electron chi connectivity index (χ3n) is 5.06. The molecule has 1 aliphatic rings. The van der Waals surface area contributed by atoms with Gasteiger partial charge in [-0.05, 0) is 26.2 Å². The summed E-state index contributed by atoms with van der Waals surface area (Å²) in [5.41, 5.74) is 0.673. The summed E-state index contributed by atoms with van der Waals surface area (Å²) < 4.78 is 31.5. The van der Waals surface area contributed by atoms with Crippen LogP contribution in [-0.4, -0.2) is 45.1 Å². The lowest BCUT2D eigenvalue weighted by atomic mass is 9.99. The molecule has 2 aromatic rings. The van der Waals surface area contributed by atoms with E-state index in [9.17, 15) is 8.42 Å². The van der Waals surface area contributed by atoms with E-state index < -0.39 is 10.0 Å². The van der Waals surface area contributed by atoms with Crippen molar-refractivity contribution in [2.75, 3.05) is 13.1 Å². The average molecular weight is 366 g/mol. The van der Waals surface area contributed by atoms with Crippen molar-refractivity contribution in [3.05, 3.63) is 30.1 Å². The van der Waals surface area contributed by atoms with Crippen molar-refractivity contribution in [1.29, 1.82) is 0 Å². The summed E-state index contributed by atoms with van der Waals surface area (Å²) in [6, 6.07) is 0. The zero-order valence-electron chi connectivity index (χ0n) is 15.2. The second-order valence-corrected chi connectivity index (χ2v) is 8.66.